The van der Waals surface area contributed by atoms with Gasteiger partial charge in [0.25, 0.3) is 0 Å². The highest BCUT2D eigenvalue weighted by Crippen LogP contribution is 2.29. The third kappa shape index (κ3) is 5.40. The molecule has 5 heteroatoms. The van der Waals surface area contributed by atoms with Crippen molar-refractivity contribution in [3.05, 3.63) is 29.8 Å². The average Bonchev–Trinajstić information content (AvgIpc) is 2.30. The summed E-state index contributed by atoms with van der Waals surface area (Å²) in [6.45, 7) is 0. The molecule has 0 bridgehead atoms. The van der Waals surface area contributed by atoms with Crippen LogP contribution in [-0.2, 0) is 6.18 Å². The van der Waals surface area contributed by atoms with Crippen LogP contribution in [0.1, 0.15) is 37.7 Å². The maximum atomic E-state index is 11.8. The van der Waals surface area contributed by atoms with Crippen LogP contribution in [-0.4, -0.2) is 11.1 Å². The fourth-order valence-electron chi connectivity index (χ4n) is 1.78. The van der Waals surface area contributed by atoms with E-state index in [9.17, 15) is 13.2 Å². The van der Waals surface area contributed by atoms with Crippen molar-refractivity contribution in [2.75, 3.05) is 0 Å². The standard InChI is InChI=1S/C7H5F3O.C6H13N/c8-7(9,10)5-1-3-6(11)4-2-5;7-6-4-2-1-3-5-6/h1-4,11H;6H,1-5,7H2. The minimum Gasteiger partial charge on any atom is -0.508 e. The molecule has 0 saturated heterocycles. The number of benzene rings is 1. The highest BCUT2D eigenvalue weighted by Gasteiger charge is 2.29. The van der Waals surface area contributed by atoms with Gasteiger partial charge in [0, 0.05) is 6.04 Å². The Bertz CT molecular complexity index is 342. The number of nitrogens with two attached hydrogens (primary N) is 1. The predicted molar refractivity (Wildman–Crippen MR) is 64.2 cm³/mol. The zero-order valence-electron chi connectivity index (χ0n) is 10.1. The van der Waals surface area contributed by atoms with Crippen molar-refractivity contribution >= 4 is 0 Å². The second-order valence-corrected chi connectivity index (χ2v) is 4.44. The Kier molecular flexibility index (Phi) is 5.47. The van der Waals surface area contributed by atoms with Crippen LogP contribution in [0, 0.1) is 0 Å². The monoisotopic (exact) mass is 261 g/mol. The minimum atomic E-state index is -4.33. The minimum absolute atomic E-state index is 0.169. The first-order chi connectivity index (χ1) is 8.39. The number of hydrogen-bond donors (Lipinski definition) is 2. The third-order valence-electron chi connectivity index (χ3n) is 2.84. The number of hydrogen-bond acceptors (Lipinski definition) is 2. The van der Waals surface area contributed by atoms with Crippen LogP contribution in [0.3, 0.4) is 0 Å². The van der Waals surface area contributed by atoms with Crippen LogP contribution < -0.4 is 5.73 Å². The van der Waals surface area contributed by atoms with Crippen molar-refractivity contribution in [2.24, 2.45) is 5.73 Å². The lowest BCUT2D eigenvalue weighted by molar-refractivity contribution is -0.137. The molecule has 0 atom stereocenters. The smallest absolute Gasteiger partial charge is 0.416 e. The molecule has 2 nitrogen and oxygen atoms in total. The molecule has 0 aliphatic heterocycles. The second-order valence-electron chi connectivity index (χ2n) is 4.44. The molecule has 0 unspecified atom stereocenters. The van der Waals surface area contributed by atoms with Crippen molar-refractivity contribution in [1.82, 2.24) is 0 Å². The summed E-state index contributed by atoms with van der Waals surface area (Å²) in [6, 6.07) is 4.20. The molecular weight excluding hydrogens is 243 g/mol. The highest BCUT2D eigenvalue weighted by molar-refractivity contribution is 5.27. The lowest BCUT2D eigenvalue weighted by atomic mass is 9.97. The van der Waals surface area contributed by atoms with Gasteiger partial charge in [0.1, 0.15) is 5.75 Å². The normalized spacial score (nSPS) is 16.9. The average molecular weight is 261 g/mol. The van der Waals surface area contributed by atoms with Gasteiger partial charge in [-0.1, -0.05) is 19.3 Å². The summed E-state index contributed by atoms with van der Waals surface area (Å²) in [5.41, 5.74) is 4.88. The fraction of sp³-hybridized carbons (Fsp3) is 0.538. The second kappa shape index (κ2) is 6.64. The first-order valence-electron chi connectivity index (χ1n) is 6.01. The van der Waals surface area contributed by atoms with Gasteiger partial charge in [-0.2, -0.15) is 13.2 Å². The first-order valence-corrected chi connectivity index (χ1v) is 6.01. The highest BCUT2D eigenvalue weighted by atomic mass is 19.4. The number of aromatic hydroxyl groups is 1. The molecule has 1 fully saturated rings. The summed E-state index contributed by atoms with van der Waals surface area (Å²) in [4.78, 5) is 0. The Morgan fingerprint density at radius 2 is 1.50 bits per heavy atom. The molecule has 1 aliphatic carbocycles. The van der Waals surface area contributed by atoms with E-state index in [2.05, 4.69) is 0 Å². The van der Waals surface area contributed by atoms with Gasteiger partial charge in [-0.15, -0.1) is 0 Å². The molecule has 0 radical (unpaired) electrons. The summed E-state index contributed by atoms with van der Waals surface area (Å²) >= 11 is 0. The molecule has 1 aromatic rings. The van der Waals surface area contributed by atoms with Crippen LogP contribution in [0.25, 0.3) is 0 Å². The molecule has 0 spiro atoms. The van der Waals surface area contributed by atoms with Gasteiger partial charge in [0.2, 0.25) is 0 Å². The number of phenols is 1. The molecular formula is C13H18F3NO. The Morgan fingerprint density at radius 3 is 1.83 bits per heavy atom. The maximum absolute atomic E-state index is 11.8. The molecule has 1 saturated carbocycles. The van der Waals surface area contributed by atoms with Crippen LogP contribution in [0.4, 0.5) is 13.2 Å². The summed E-state index contributed by atoms with van der Waals surface area (Å²) in [5, 5.41) is 8.66. The van der Waals surface area contributed by atoms with Gasteiger partial charge >= 0.3 is 6.18 Å². The first kappa shape index (κ1) is 14.8. The van der Waals surface area contributed by atoms with Crippen LogP contribution >= 0.6 is 0 Å². The molecule has 0 amide bonds. The zero-order valence-corrected chi connectivity index (χ0v) is 10.1. The van der Waals surface area contributed by atoms with Crippen LogP contribution in [0.15, 0.2) is 24.3 Å². The van der Waals surface area contributed by atoms with Gasteiger partial charge in [-0.25, -0.2) is 0 Å². The molecule has 2 rings (SSSR count). The van der Waals surface area contributed by atoms with E-state index in [0.717, 1.165) is 24.3 Å². The van der Waals surface area contributed by atoms with Gasteiger partial charge in [-0.05, 0) is 37.1 Å². The number of halogens is 3. The van der Waals surface area contributed by atoms with E-state index in [-0.39, 0.29) is 5.75 Å². The molecule has 0 aromatic heterocycles. The van der Waals surface area contributed by atoms with Crippen LogP contribution in [0.5, 0.6) is 5.75 Å². The maximum Gasteiger partial charge on any atom is 0.416 e. The summed E-state index contributed by atoms with van der Waals surface area (Å²) in [7, 11) is 0. The Morgan fingerprint density at radius 1 is 1.00 bits per heavy atom. The van der Waals surface area contributed by atoms with Gasteiger partial charge in [-0.3, -0.25) is 0 Å². The van der Waals surface area contributed by atoms with Crippen molar-refractivity contribution in [2.45, 2.75) is 44.3 Å². The van der Waals surface area contributed by atoms with Crippen molar-refractivity contribution < 1.29 is 18.3 Å². The SMILES string of the molecule is NC1CCCCC1.Oc1ccc(C(F)(F)F)cc1. The molecule has 3 N–H and O–H groups in total. The Balaban J connectivity index is 0.000000199. The topological polar surface area (TPSA) is 46.2 Å². The molecule has 1 aliphatic rings. The largest absolute Gasteiger partial charge is 0.508 e. The number of phenolic OH excluding ortho intramolecular Hbond substituents is 1. The van der Waals surface area contributed by atoms with Crippen LogP contribution in [0.2, 0.25) is 0 Å². The van der Waals surface area contributed by atoms with Gasteiger partial charge < -0.3 is 10.8 Å². The Hall–Kier alpha value is -1.23. The molecule has 1 aromatic carbocycles. The third-order valence-corrected chi connectivity index (χ3v) is 2.84. The predicted octanol–water partition coefficient (Wildman–Crippen LogP) is 3.69. The number of rotatable bonds is 0. The quantitative estimate of drug-likeness (QED) is 0.748. The van der Waals surface area contributed by atoms with E-state index in [0.29, 0.717) is 6.04 Å². The summed E-state index contributed by atoms with van der Waals surface area (Å²) in [5.74, 6) is -0.169. The van der Waals surface area contributed by atoms with Crippen molar-refractivity contribution in [3.63, 3.8) is 0 Å². The van der Waals surface area contributed by atoms with E-state index in [1.54, 1.807) is 0 Å². The lowest BCUT2D eigenvalue weighted by Gasteiger charge is -2.15. The summed E-state index contributed by atoms with van der Waals surface area (Å²) in [6.07, 6.45) is 2.34. The molecule has 0 heterocycles. The van der Waals surface area contributed by atoms with Crippen molar-refractivity contribution in [1.29, 1.82) is 0 Å². The van der Waals surface area contributed by atoms with E-state index in [1.165, 1.54) is 32.1 Å². The zero-order chi connectivity index (χ0) is 13.6. The molecule has 18 heavy (non-hydrogen) atoms. The number of alkyl halides is 3. The van der Waals surface area contributed by atoms with E-state index < -0.39 is 11.7 Å². The van der Waals surface area contributed by atoms with E-state index in [4.69, 9.17) is 10.8 Å². The van der Waals surface area contributed by atoms with E-state index in [1.807, 2.05) is 0 Å². The van der Waals surface area contributed by atoms with Gasteiger partial charge in [0.05, 0.1) is 5.56 Å². The summed E-state index contributed by atoms with van der Waals surface area (Å²) < 4.78 is 35.5. The lowest BCUT2D eigenvalue weighted by Crippen LogP contribution is -2.22. The van der Waals surface area contributed by atoms with Gasteiger partial charge in [0.15, 0.2) is 0 Å². The fourth-order valence-corrected chi connectivity index (χ4v) is 1.78. The van der Waals surface area contributed by atoms with Crippen molar-refractivity contribution in [3.8, 4) is 5.75 Å². The Labute approximate surface area is 105 Å². The van der Waals surface area contributed by atoms with E-state index >= 15 is 0 Å². The molecule has 102 valence electrons.